The summed E-state index contributed by atoms with van der Waals surface area (Å²) >= 11 is 0. The normalized spacial score (nSPS) is 10.5. The van der Waals surface area contributed by atoms with Crippen molar-refractivity contribution in [3.05, 3.63) is 56.4 Å². The molecule has 0 spiro atoms. The van der Waals surface area contributed by atoms with Gasteiger partial charge in [-0.25, -0.2) is 9.36 Å². The summed E-state index contributed by atoms with van der Waals surface area (Å²) in [7, 11) is 0. The average molecular weight is 304 g/mol. The largest absolute Gasteiger partial charge is 0.494 e. The number of carboxylic acids is 1. The number of hydrogen-bond donors (Lipinski definition) is 2. The Morgan fingerprint density at radius 2 is 1.91 bits per heavy atom. The van der Waals surface area contributed by atoms with Crippen molar-refractivity contribution >= 4 is 5.97 Å². The van der Waals surface area contributed by atoms with Gasteiger partial charge in [-0.2, -0.15) is 0 Å². The van der Waals surface area contributed by atoms with E-state index in [2.05, 4.69) is 4.98 Å². The summed E-state index contributed by atoms with van der Waals surface area (Å²) in [6.45, 7) is 3.86. The maximum absolute atomic E-state index is 12.4. The van der Waals surface area contributed by atoms with Gasteiger partial charge in [0.05, 0.1) is 18.7 Å². The highest BCUT2D eigenvalue weighted by Gasteiger charge is 2.15. The van der Waals surface area contributed by atoms with Crippen molar-refractivity contribution in [2.45, 2.75) is 20.3 Å². The third-order valence-electron chi connectivity index (χ3n) is 3.15. The van der Waals surface area contributed by atoms with Crippen LogP contribution in [0.4, 0.5) is 0 Å². The summed E-state index contributed by atoms with van der Waals surface area (Å²) in [6, 6.07) is 6.42. The first-order valence-electron chi connectivity index (χ1n) is 6.74. The minimum absolute atomic E-state index is 0.0565. The fourth-order valence-electron chi connectivity index (χ4n) is 2.13. The molecule has 0 atom stereocenters. The van der Waals surface area contributed by atoms with Crippen LogP contribution in [0.3, 0.4) is 0 Å². The number of H-pyrrole nitrogens is 1. The molecule has 7 heteroatoms. The molecule has 0 saturated heterocycles. The lowest BCUT2D eigenvalue weighted by Gasteiger charge is -2.10. The number of rotatable bonds is 5. The molecule has 2 N–H and O–H groups in total. The van der Waals surface area contributed by atoms with Gasteiger partial charge in [0.2, 0.25) is 0 Å². The molecule has 0 aliphatic carbocycles. The smallest absolute Gasteiger partial charge is 0.333 e. The molecule has 7 nitrogen and oxygen atoms in total. The van der Waals surface area contributed by atoms with E-state index in [9.17, 15) is 14.4 Å². The SMILES string of the molecule is CCOc1ccc(-n2c(=O)[nH]c(C)c(CC(=O)O)c2=O)cc1. The standard InChI is InChI=1S/C15H16N2O5/c1-3-22-11-6-4-10(5-7-11)17-14(20)12(8-13(18)19)9(2)16-15(17)21/h4-7H,3,8H2,1-2H3,(H,16,21)(H,18,19). The Hall–Kier alpha value is -2.83. The zero-order valence-corrected chi connectivity index (χ0v) is 12.3. The molecule has 2 rings (SSSR count). The molecule has 0 aliphatic rings. The molecule has 1 heterocycles. The predicted octanol–water partition coefficient (Wildman–Crippen LogP) is 0.860. The van der Waals surface area contributed by atoms with Gasteiger partial charge < -0.3 is 14.8 Å². The molecule has 0 amide bonds. The first-order valence-corrected chi connectivity index (χ1v) is 6.74. The van der Waals surface area contributed by atoms with Crippen molar-refractivity contribution in [1.29, 1.82) is 0 Å². The van der Waals surface area contributed by atoms with E-state index < -0.39 is 23.6 Å². The van der Waals surface area contributed by atoms with E-state index in [0.29, 0.717) is 18.0 Å². The zero-order valence-electron chi connectivity index (χ0n) is 12.3. The van der Waals surface area contributed by atoms with Crippen molar-refractivity contribution < 1.29 is 14.6 Å². The van der Waals surface area contributed by atoms with Gasteiger partial charge in [-0.15, -0.1) is 0 Å². The minimum Gasteiger partial charge on any atom is -0.494 e. The Kier molecular flexibility index (Phi) is 4.45. The molecule has 1 aromatic heterocycles. The third-order valence-corrected chi connectivity index (χ3v) is 3.15. The highest BCUT2D eigenvalue weighted by molar-refractivity contribution is 5.70. The van der Waals surface area contributed by atoms with Crippen molar-refractivity contribution in [2.24, 2.45) is 0 Å². The summed E-state index contributed by atoms with van der Waals surface area (Å²) in [4.78, 5) is 37.8. The Morgan fingerprint density at radius 3 is 2.45 bits per heavy atom. The molecule has 116 valence electrons. The lowest BCUT2D eigenvalue weighted by atomic mass is 10.1. The van der Waals surface area contributed by atoms with Crippen molar-refractivity contribution in [3.8, 4) is 11.4 Å². The summed E-state index contributed by atoms with van der Waals surface area (Å²) in [5, 5.41) is 8.89. The highest BCUT2D eigenvalue weighted by atomic mass is 16.5. The second kappa shape index (κ2) is 6.30. The molecule has 0 aliphatic heterocycles. The summed E-state index contributed by atoms with van der Waals surface area (Å²) in [5.74, 6) is -0.515. The molecule has 0 radical (unpaired) electrons. The molecule has 0 bridgehead atoms. The topological polar surface area (TPSA) is 101 Å². The van der Waals surface area contributed by atoms with Gasteiger partial charge in [0, 0.05) is 11.3 Å². The van der Waals surface area contributed by atoms with Gasteiger partial charge in [0.15, 0.2) is 0 Å². The van der Waals surface area contributed by atoms with E-state index in [1.165, 1.54) is 6.92 Å². The molecule has 1 aromatic carbocycles. The van der Waals surface area contributed by atoms with E-state index in [4.69, 9.17) is 9.84 Å². The van der Waals surface area contributed by atoms with E-state index >= 15 is 0 Å². The van der Waals surface area contributed by atoms with Gasteiger partial charge in [-0.1, -0.05) is 0 Å². The summed E-state index contributed by atoms with van der Waals surface area (Å²) < 4.78 is 6.22. The number of aromatic nitrogens is 2. The van der Waals surface area contributed by atoms with Crippen LogP contribution in [-0.2, 0) is 11.2 Å². The number of benzene rings is 1. The van der Waals surface area contributed by atoms with E-state index in [1.807, 2.05) is 6.92 Å². The number of ether oxygens (including phenoxy) is 1. The Morgan fingerprint density at radius 1 is 1.27 bits per heavy atom. The van der Waals surface area contributed by atoms with Crippen LogP contribution in [0.5, 0.6) is 5.75 Å². The van der Waals surface area contributed by atoms with Gasteiger partial charge >= 0.3 is 11.7 Å². The van der Waals surface area contributed by atoms with Gasteiger partial charge in [-0.3, -0.25) is 9.59 Å². The zero-order chi connectivity index (χ0) is 16.3. The summed E-state index contributed by atoms with van der Waals surface area (Å²) in [6.07, 6.45) is -0.446. The van der Waals surface area contributed by atoms with Crippen molar-refractivity contribution in [1.82, 2.24) is 9.55 Å². The van der Waals surface area contributed by atoms with Crippen LogP contribution in [-0.4, -0.2) is 27.2 Å². The number of nitrogens with one attached hydrogen (secondary N) is 1. The third kappa shape index (κ3) is 3.08. The second-order valence-electron chi connectivity index (χ2n) is 4.67. The van der Waals surface area contributed by atoms with Crippen LogP contribution in [0.1, 0.15) is 18.2 Å². The Labute approximate surface area is 125 Å². The molecular formula is C15H16N2O5. The molecule has 2 aromatic rings. The maximum atomic E-state index is 12.4. The van der Waals surface area contributed by atoms with Gasteiger partial charge in [0.25, 0.3) is 5.56 Å². The predicted molar refractivity (Wildman–Crippen MR) is 79.9 cm³/mol. The number of carboxylic acid groups (broad SMARTS) is 1. The number of carbonyl (C=O) groups is 1. The quantitative estimate of drug-likeness (QED) is 0.853. The minimum atomic E-state index is -1.13. The molecular weight excluding hydrogens is 288 g/mol. The fourth-order valence-corrected chi connectivity index (χ4v) is 2.13. The maximum Gasteiger partial charge on any atom is 0.333 e. The fraction of sp³-hybridized carbons (Fsp3) is 0.267. The Balaban J connectivity index is 2.57. The van der Waals surface area contributed by atoms with Gasteiger partial charge in [-0.05, 0) is 38.1 Å². The van der Waals surface area contributed by atoms with Crippen molar-refractivity contribution in [3.63, 3.8) is 0 Å². The van der Waals surface area contributed by atoms with Crippen LogP contribution >= 0.6 is 0 Å². The summed E-state index contributed by atoms with van der Waals surface area (Å²) in [5.41, 5.74) is -0.574. The van der Waals surface area contributed by atoms with E-state index in [0.717, 1.165) is 4.57 Å². The number of aliphatic carboxylic acids is 1. The molecule has 22 heavy (non-hydrogen) atoms. The lowest BCUT2D eigenvalue weighted by Crippen LogP contribution is -2.37. The van der Waals surface area contributed by atoms with Crippen LogP contribution in [0.15, 0.2) is 33.9 Å². The number of aryl methyl sites for hydroxylation is 1. The molecule has 0 saturated carbocycles. The molecule has 0 unspecified atom stereocenters. The number of hydrogen-bond acceptors (Lipinski definition) is 4. The lowest BCUT2D eigenvalue weighted by molar-refractivity contribution is -0.136. The van der Waals surface area contributed by atoms with Crippen LogP contribution in [0.2, 0.25) is 0 Å². The second-order valence-corrected chi connectivity index (χ2v) is 4.67. The first-order chi connectivity index (χ1) is 10.4. The van der Waals surface area contributed by atoms with E-state index in [1.54, 1.807) is 24.3 Å². The van der Waals surface area contributed by atoms with Crippen LogP contribution < -0.4 is 16.0 Å². The van der Waals surface area contributed by atoms with Gasteiger partial charge in [0.1, 0.15) is 5.75 Å². The number of nitrogens with zero attached hydrogens (tertiary/aromatic N) is 1. The average Bonchev–Trinajstić information content (AvgIpc) is 2.45. The Bertz CT molecular complexity index is 802. The van der Waals surface area contributed by atoms with Crippen molar-refractivity contribution in [2.75, 3.05) is 6.61 Å². The highest BCUT2D eigenvalue weighted by Crippen LogP contribution is 2.13. The monoisotopic (exact) mass is 304 g/mol. The van der Waals surface area contributed by atoms with Crippen LogP contribution in [0.25, 0.3) is 5.69 Å². The molecule has 0 fully saturated rings. The number of aromatic amines is 1. The van der Waals surface area contributed by atoms with E-state index in [-0.39, 0.29) is 11.3 Å². The van der Waals surface area contributed by atoms with Crippen LogP contribution in [0, 0.1) is 6.92 Å². The first kappa shape index (κ1) is 15.6.